The maximum Gasteiger partial charge on any atom is 0.178 e. The number of nitrogens with zero attached hydrogens (tertiary/aromatic N) is 1. The second-order valence-corrected chi connectivity index (χ2v) is 6.47. The normalized spacial score (nSPS) is 11.0. The van der Waals surface area contributed by atoms with Gasteiger partial charge in [-0.05, 0) is 77.1 Å². The molecule has 3 rings (SSSR count). The van der Waals surface area contributed by atoms with E-state index in [9.17, 15) is 0 Å². The van der Waals surface area contributed by atoms with E-state index < -0.39 is 0 Å². The van der Waals surface area contributed by atoms with Crippen molar-refractivity contribution in [1.82, 2.24) is 9.55 Å². The second-order valence-electron chi connectivity index (χ2n) is 4.84. The number of nitrogens with one attached hydrogen (secondary N) is 1. The summed E-state index contributed by atoms with van der Waals surface area (Å²) in [6.45, 7) is 0.867. The van der Waals surface area contributed by atoms with Crippen LogP contribution >= 0.6 is 34.8 Å². The van der Waals surface area contributed by atoms with Gasteiger partial charge in [-0.25, -0.2) is 0 Å². The molecule has 0 fully saturated rings. The van der Waals surface area contributed by atoms with Gasteiger partial charge in [0, 0.05) is 10.1 Å². The zero-order valence-electron chi connectivity index (χ0n) is 11.6. The lowest BCUT2D eigenvalue weighted by atomic mass is 10.1. The molecule has 0 atom stereocenters. The van der Waals surface area contributed by atoms with Crippen molar-refractivity contribution in [1.29, 1.82) is 0 Å². The highest BCUT2D eigenvalue weighted by molar-refractivity contribution is 14.1. The summed E-state index contributed by atoms with van der Waals surface area (Å²) in [4.78, 5) is 3.28. The molecule has 0 saturated heterocycles. The van der Waals surface area contributed by atoms with Gasteiger partial charge in [0.1, 0.15) is 5.75 Å². The Labute approximate surface area is 142 Å². The molecular formula is C16H15IN2OS. The molecule has 1 aromatic heterocycles. The molecule has 2 aromatic carbocycles. The van der Waals surface area contributed by atoms with Crippen molar-refractivity contribution in [2.75, 3.05) is 7.11 Å². The Hall–Kier alpha value is -1.34. The molecule has 1 N–H and O–H groups in total. The zero-order valence-corrected chi connectivity index (χ0v) is 14.6. The molecule has 0 saturated carbocycles. The van der Waals surface area contributed by atoms with Gasteiger partial charge in [-0.1, -0.05) is 12.1 Å². The predicted molar refractivity (Wildman–Crippen MR) is 96.5 cm³/mol. The first-order valence-electron chi connectivity index (χ1n) is 6.68. The van der Waals surface area contributed by atoms with Crippen LogP contribution in [0.3, 0.4) is 0 Å². The van der Waals surface area contributed by atoms with Crippen molar-refractivity contribution >= 4 is 45.8 Å². The van der Waals surface area contributed by atoms with Crippen LogP contribution < -0.4 is 4.74 Å². The van der Waals surface area contributed by atoms with Gasteiger partial charge < -0.3 is 14.3 Å². The molecule has 0 amide bonds. The highest BCUT2D eigenvalue weighted by atomic mass is 127. The highest BCUT2D eigenvalue weighted by Gasteiger charge is 2.05. The quantitative estimate of drug-likeness (QED) is 0.505. The zero-order chi connectivity index (χ0) is 14.8. The van der Waals surface area contributed by atoms with Crippen LogP contribution in [0.25, 0.3) is 11.0 Å². The monoisotopic (exact) mass is 410 g/mol. The minimum absolute atomic E-state index is 0.778. The SMILES string of the molecule is COc1ccc(CCn2c(=S)[nH]c3cc(I)ccc32)cc1. The molecule has 0 bridgehead atoms. The largest absolute Gasteiger partial charge is 0.497 e. The molecule has 0 aliphatic heterocycles. The van der Waals surface area contributed by atoms with Crippen LogP contribution in [0.15, 0.2) is 42.5 Å². The van der Waals surface area contributed by atoms with Crippen LogP contribution in [0.2, 0.25) is 0 Å². The number of H-pyrrole nitrogens is 1. The Morgan fingerprint density at radius 2 is 1.95 bits per heavy atom. The van der Waals surface area contributed by atoms with E-state index in [-0.39, 0.29) is 0 Å². The average molecular weight is 410 g/mol. The van der Waals surface area contributed by atoms with E-state index in [2.05, 4.69) is 62.5 Å². The summed E-state index contributed by atoms with van der Waals surface area (Å²) in [7, 11) is 1.68. The first-order chi connectivity index (χ1) is 10.2. The molecule has 5 heteroatoms. The average Bonchev–Trinajstić information content (AvgIpc) is 2.80. The van der Waals surface area contributed by atoms with E-state index >= 15 is 0 Å². The highest BCUT2D eigenvalue weighted by Crippen LogP contribution is 2.18. The number of methoxy groups -OCH3 is 1. The number of hydrogen-bond donors (Lipinski definition) is 1. The maximum absolute atomic E-state index is 5.44. The van der Waals surface area contributed by atoms with Gasteiger partial charge in [0.05, 0.1) is 18.1 Å². The summed E-state index contributed by atoms with van der Waals surface area (Å²) in [5, 5.41) is 0. The van der Waals surface area contributed by atoms with Crippen LogP contribution in [0.1, 0.15) is 5.56 Å². The minimum Gasteiger partial charge on any atom is -0.497 e. The molecule has 1 heterocycles. The minimum atomic E-state index is 0.778. The van der Waals surface area contributed by atoms with Crippen LogP contribution in [0.4, 0.5) is 0 Å². The lowest BCUT2D eigenvalue weighted by Crippen LogP contribution is -2.01. The first kappa shape index (κ1) is 14.6. The number of halogens is 1. The molecule has 0 radical (unpaired) electrons. The fourth-order valence-electron chi connectivity index (χ4n) is 2.39. The second kappa shape index (κ2) is 6.19. The van der Waals surface area contributed by atoms with Crippen LogP contribution in [-0.4, -0.2) is 16.7 Å². The number of hydrogen-bond acceptors (Lipinski definition) is 2. The Morgan fingerprint density at radius 1 is 1.19 bits per heavy atom. The number of aryl methyl sites for hydroxylation is 2. The lowest BCUT2D eigenvalue weighted by Gasteiger charge is -2.06. The van der Waals surface area contributed by atoms with Gasteiger partial charge in [-0.2, -0.15) is 0 Å². The molecule has 21 heavy (non-hydrogen) atoms. The molecule has 0 aliphatic rings. The number of aromatic amines is 1. The van der Waals surface area contributed by atoms with E-state index in [1.54, 1.807) is 7.11 Å². The number of fused-ring (bicyclic) bond motifs is 1. The summed E-state index contributed by atoms with van der Waals surface area (Å²) in [6.07, 6.45) is 0.942. The van der Waals surface area contributed by atoms with E-state index in [0.29, 0.717) is 0 Å². The first-order valence-corrected chi connectivity index (χ1v) is 8.17. The summed E-state index contributed by atoms with van der Waals surface area (Å²) in [5.41, 5.74) is 3.54. The summed E-state index contributed by atoms with van der Waals surface area (Å²) in [5.74, 6) is 0.886. The maximum atomic E-state index is 5.44. The van der Waals surface area contributed by atoms with Crippen LogP contribution in [-0.2, 0) is 13.0 Å². The van der Waals surface area contributed by atoms with E-state index in [1.165, 1.54) is 9.13 Å². The van der Waals surface area contributed by atoms with Gasteiger partial charge in [-0.15, -0.1) is 0 Å². The standard InChI is InChI=1S/C16H15IN2OS/c1-20-13-5-2-11(3-6-13)8-9-19-15-7-4-12(17)10-14(15)18-16(19)21/h2-7,10H,8-9H2,1H3,(H,18,21). The third-order valence-corrected chi connectivity index (χ3v) is 4.51. The fourth-order valence-corrected chi connectivity index (χ4v) is 3.18. The van der Waals surface area contributed by atoms with Crippen molar-refractivity contribution in [3.05, 3.63) is 56.4 Å². The molecule has 0 aliphatic carbocycles. The third kappa shape index (κ3) is 3.13. The van der Waals surface area contributed by atoms with Gasteiger partial charge in [0.25, 0.3) is 0 Å². The lowest BCUT2D eigenvalue weighted by molar-refractivity contribution is 0.414. The summed E-state index contributed by atoms with van der Waals surface area (Å²) < 4.78 is 9.32. The third-order valence-electron chi connectivity index (χ3n) is 3.52. The predicted octanol–water partition coefficient (Wildman–Crippen LogP) is 4.55. The molecule has 3 nitrogen and oxygen atoms in total. The molecule has 3 aromatic rings. The van der Waals surface area contributed by atoms with E-state index in [4.69, 9.17) is 17.0 Å². The number of ether oxygens (including phenoxy) is 1. The molecule has 0 unspecified atom stereocenters. The summed E-state index contributed by atoms with van der Waals surface area (Å²) >= 11 is 7.75. The summed E-state index contributed by atoms with van der Waals surface area (Å²) in [6, 6.07) is 14.5. The molecule has 0 spiro atoms. The van der Waals surface area contributed by atoms with Crippen molar-refractivity contribution in [2.45, 2.75) is 13.0 Å². The molecular weight excluding hydrogens is 395 g/mol. The van der Waals surface area contributed by atoms with Gasteiger partial charge in [-0.3, -0.25) is 0 Å². The van der Waals surface area contributed by atoms with Gasteiger partial charge in [0.2, 0.25) is 0 Å². The number of imidazole rings is 1. The van der Waals surface area contributed by atoms with Crippen molar-refractivity contribution in [3.63, 3.8) is 0 Å². The number of benzene rings is 2. The van der Waals surface area contributed by atoms with Gasteiger partial charge in [0.15, 0.2) is 4.77 Å². The fraction of sp³-hybridized carbons (Fsp3) is 0.188. The van der Waals surface area contributed by atoms with Crippen LogP contribution in [0, 0.1) is 8.34 Å². The van der Waals surface area contributed by atoms with Gasteiger partial charge >= 0.3 is 0 Å². The number of aromatic nitrogens is 2. The Balaban J connectivity index is 1.84. The smallest absolute Gasteiger partial charge is 0.178 e. The Bertz CT molecular complexity index is 820. The van der Waals surface area contributed by atoms with Crippen LogP contribution in [0.5, 0.6) is 5.75 Å². The van der Waals surface area contributed by atoms with Crippen molar-refractivity contribution in [2.24, 2.45) is 0 Å². The number of rotatable bonds is 4. The van der Waals surface area contributed by atoms with E-state index in [1.807, 2.05) is 12.1 Å². The topological polar surface area (TPSA) is 29.9 Å². The molecule has 108 valence electrons. The van der Waals surface area contributed by atoms with E-state index in [0.717, 1.165) is 34.5 Å². The van der Waals surface area contributed by atoms with Crippen molar-refractivity contribution < 1.29 is 4.74 Å². The Kier molecular flexibility index (Phi) is 4.30. The van der Waals surface area contributed by atoms with Crippen molar-refractivity contribution in [3.8, 4) is 5.75 Å². The Morgan fingerprint density at radius 3 is 2.67 bits per heavy atom.